The van der Waals surface area contributed by atoms with Crippen molar-refractivity contribution in [3.63, 3.8) is 0 Å². The van der Waals surface area contributed by atoms with E-state index in [0.717, 1.165) is 36.5 Å². The van der Waals surface area contributed by atoms with E-state index < -0.39 is 0 Å². The smallest absolute Gasteiger partial charge is 0.161 e. The molecule has 2 aromatic heterocycles. The maximum atomic E-state index is 6.38. The second kappa shape index (κ2) is 6.40. The average molecular weight is 350 g/mol. The van der Waals surface area contributed by atoms with Crippen molar-refractivity contribution in [2.24, 2.45) is 5.73 Å². The van der Waals surface area contributed by atoms with E-state index >= 15 is 0 Å². The van der Waals surface area contributed by atoms with E-state index in [2.05, 4.69) is 53.6 Å². The Kier molecular flexibility index (Phi) is 4.19. The summed E-state index contributed by atoms with van der Waals surface area (Å²) in [5, 5.41) is 8.72. The molecule has 1 aliphatic carbocycles. The fraction of sp³-hybridized carbons (Fsp3) is 0.429. The number of fused-ring (bicyclic) bond motifs is 2. The van der Waals surface area contributed by atoms with Gasteiger partial charge in [-0.05, 0) is 42.5 Å². The van der Waals surface area contributed by atoms with Gasteiger partial charge in [0.25, 0.3) is 0 Å². The summed E-state index contributed by atoms with van der Waals surface area (Å²) in [7, 11) is 0. The third-order valence-corrected chi connectivity index (χ3v) is 5.62. The Labute approximate surface area is 154 Å². The van der Waals surface area contributed by atoms with Crippen molar-refractivity contribution in [2.45, 2.75) is 57.6 Å². The molecule has 5 heteroatoms. The lowest BCUT2D eigenvalue weighted by atomic mass is 9.86. The van der Waals surface area contributed by atoms with Gasteiger partial charge in [-0.3, -0.25) is 4.40 Å². The maximum Gasteiger partial charge on any atom is 0.161 e. The predicted octanol–water partition coefficient (Wildman–Crippen LogP) is 4.33. The molecule has 0 amide bonds. The fourth-order valence-corrected chi connectivity index (χ4v) is 3.63. The molecule has 0 saturated carbocycles. The Hall–Kier alpha value is -2.40. The molecular formula is C21H26N4O. The van der Waals surface area contributed by atoms with Crippen molar-refractivity contribution in [2.75, 3.05) is 0 Å². The topological polar surface area (TPSA) is 65.4 Å². The molecule has 0 saturated heterocycles. The molecule has 1 aromatic carbocycles. The lowest BCUT2D eigenvalue weighted by Crippen LogP contribution is -2.23. The zero-order valence-electron chi connectivity index (χ0n) is 15.6. The van der Waals surface area contributed by atoms with Crippen LogP contribution < -0.4 is 10.5 Å². The lowest BCUT2D eigenvalue weighted by molar-refractivity contribution is 0.176. The second-order valence-corrected chi connectivity index (χ2v) is 7.77. The van der Waals surface area contributed by atoms with Crippen LogP contribution in [0.15, 0.2) is 42.6 Å². The number of rotatable bonds is 4. The largest absolute Gasteiger partial charge is 0.484 e. The van der Waals surface area contributed by atoms with Crippen LogP contribution >= 0.6 is 0 Å². The van der Waals surface area contributed by atoms with Crippen molar-refractivity contribution in [1.82, 2.24) is 14.6 Å². The third-order valence-electron chi connectivity index (χ3n) is 5.62. The van der Waals surface area contributed by atoms with Crippen molar-refractivity contribution >= 4 is 5.65 Å². The Morgan fingerprint density at radius 2 is 1.88 bits per heavy atom. The SMILES string of the molecule is CCC(C)(C)c1nnc2ccc(OC3CCC(N)c4ccccc43)cn12. The number of ether oxygens (including phenoxy) is 1. The second-order valence-electron chi connectivity index (χ2n) is 7.77. The number of pyridine rings is 1. The van der Waals surface area contributed by atoms with E-state index in [9.17, 15) is 0 Å². The van der Waals surface area contributed by atoms with E-state index in [-0.39, 0.29) is 17.6 Å². The minimum Gasteiger partial charge on any atom is -0.484 e. The van der Waals surface area contributed by atoms with Gasteiger partial charge in [-0.25, -0.2) is 0 Å². The van der Waals surface area contributed by atoms with Crippen LogP contribution in [0.4, 0.5) is 0 Å². The van der Waals surface area contributed by atoms with Crippen LogP contribution in [-0.2, 0) is 5.41 Å². The van der Waals surface area contributed by atoms with Crippen LogP contribution in [0.1, 0.15) is 69.1 Å². The Morgan fingerprint density at radius 3 is 2.65 bits per heavy atom. The zero-order valence-corrected chi connectivity index (χ0v) is 15.6. The summed E-state index contributed by atoms with van der Waals surface area (Å²) in [6.45, 7) is 6.55. The van der Waals surface area contributed by atoms with Gasteiger partial charge in [-0.2, -0.15) is 0 Å². The Balaban J connectivity index is 1.68. The summed E-state index contributed by atoms with van der Waals surface area (Å²) in [4.78, 5) is 0. The van der Waals surface area contributed by atoms with E-state index in [4.69, 9.17) is 10.5 Å². The number of hydrogen-bond donors (Lipinski definition) is 1. The van der Waals surface area contributed by atoms with E-state index in [1.807, 2.05) is 24.4 Å². The predicted molar refractivity (Wildman–Crippen MR) is 102 cm³/mol. The highest BCUT2D eigenvalue weighted by Crippen LogP contribution is 2.37. The number of nitrogens with zero attached hydrogens (tertiary/aromatic N) is 3. The summed E-state index contributed by atoms with van der Waals surface area (Å²) in [5.41, 5.74) is 9.47. The molecule has 0 fully saturated rings. The van der Waals surface area contributed by atoms with Gasteiger partial charge >= 0.3 is 0 Å². The molecule has 2 unspecified atom stereocenters. The monoisotopic (exact) mass is 350 g/mol. The van der Waals surface area contributed by atoms with Crippen LogP contribution in [0.25, 0.3) is 5.65 Å². The van der Waals surface area contributed by atoms with Crippen molar-refractivity contribution in [3.8, 4) is 5.75 Å². The summed E-state index contributed by atoms with van der Waals surface area (Å²) in [5.74, 6) is 1.80. The van der Waals surface area contributed by atoms with Gasteiger partial charge in [0, 0.05) is 11.5 Å². The number of benzene rings is 1. The Morgan fingerprint density at radius 1 is 1.12 bits per heavy atom. The molecule has 2 N–H and O–H groups in total. The van der Waals surface area contributed by atoms with Gasteiger partial charge in [-0.15, -0.1) is 10.2 Å². The molecule has 2 atom stereocenters. The van der Waals surface area contributed by atoms with Crippen LogP contribution in [0.3, 0.4) is 0 Å². The summed E-state index contributed by atoms with van der Waals surface area (Å²) in [6, 6.07) is 12.4. The average Bonchev–Trinajstić information content (AvgIpc) is 3.08. The quantitative estimate of drug-likeness (QED) is 0.760. The molecule has 4 rings (SSSR count). The first-order chi connectivity index (χ1) is 12.5. The molecule has 0 aliphatic heterocycles. The number of aromatic nitrogens is 3. The minimum absolute atomic E-state index is 0.0302. The summed E-state index contributed by atoms with van der Waals surface area (Å²) >= 11 is 0. The Bertz CT molecular complexity index is 931. The van der Waals surface area contributed by atoms with Crippen molar-refractivity contribution in [3.05, 3.63) is 59.5 Å². The highest BCUT2D eigenvalue weighted by Gasteiger charge is 2.27. The molecule has 26 heavy (non-hydrogen) atoms. The van der Waals surface area contributed by atoms with Crippen LogP contribution in [0.2, 0.25) is 0 Å². The highest BCUT2D eigenvalue weighted by molar-refractivity contribution is 5.43. The first-order valence-corrected chi connectivity index (χ1v) is 9.36. The molecule has 0 radical (unpaired) electrons. The molecule has 2 heterocycles. The van der Waals surface area contributed by atoms with Gasteiger partial charge in [0.1, 0.15) is 17.7 Å². The van der Waals surface area contributed by atoms with Crippen molar-refractivity contribution < 1.29 is 4.74 Å². The lowest BCUT2D eigenvalue weighted by Gasteiger charge is -2.30. The molecule has 1 aliphatic rings. The van der Waals surface area contributed by atoms with Crippen LogP contribution in [-0.4, -0.2) is 14.6 Å². The molecule has 0 spiro atoms. The van der Waals surface area contributed by atoms with Crippen LogP contribution in [0, 0.1) is 0 Å². The zero-order chi connectivity index (χ0) is 18.3. The molecule has 136 valence electrons. The summed E-state index contributed by atoms with van der Waals surface area (Å²) < 4.78 is 8.43. The van der Waals surface area contributed by atoms with Gasteiger partial charge < -0.3 is 10.5 Å². The normalized spacial score (nSPS) is 20.2. The van der Waals surface area contributed by atoms with E-state index in [1.165, 1.54) is 11.1 Å². The van der Waals surface area contributed by atoms with Crippen LogP contribution in [0.5, 0.6) is 5.75 Å². The molecule has 0 bridgehead atoms. The molecule has 5 nitrogen and oxygen atoms in total. The molecule has 3 aromatic rings. The minimum atomic E-state index is -0.0394. The van der Waals surface area contributed by atoms with Gasteiger partial charge in [0.05, 0.1) is 6.20 Å². The standard InChI is InChI=1S/C21H26N4O/c1-4-21(2,3)20-24-23-19-12-9-14(13-25(19)20)26-18-11-10-17(22)15-7-5-6-8-16(15)18/h5-9,12-13,17-18H,4,10-11,22H2,1-3H3. The molecular weight excluding hydrogens is 324 g/mol. The fourth-order valence-electron chi connectivity index (χ4n) is 3.63. The third kappa shape index (κ3) is 2.86. The van der Waals surface area contributed by atoms with Gasteiger partial charge in [0.2, 0.25) is 0 Å². The maximum absolute atomic E-state index is 6.38. The van der Waals surface area contributed by atoms with Gasteiger partial charge in [-0.1, -0.05) is 45.0 Å². The highest BCUT2D eigenvalue weighted by atomic mass is 16.5. The first-order valence-electron chi connectivity index (χ1n) is 9.36. The van der Waals surface area contributed by atoms with E-state index in [1.54, 1.807) is 0 Å². The number of nitrogens with two attached hydrogens (primary N) is 1. The number of hydrogen-bond acceptors (Lipinski definition) is 4. The van der Waals surface area contributed by atoms with E-state index in [0.29, 0.717) is 0 Å². The first kappa shape index (κ1) is 17.0. The summed E-state index contributed by atoms with van der Waals surface area (Å²) in [6.07, 6.45) is 4.89. The van der Waals surface area contributed by atoms with Crippen molar-refractivity contribution in [1.29, 1.82) is 0 Å². The van der Waals surface area contributed by atoms with Gasteiger partial charge in [0.15, 0.2) is 5.65 Å².